The van der Waals surface area contributed by atoms with Gasteiger partial charge in [-0.25, -0.2) is 0 Å². The van der Waals surface area contributed by atoms with Gasteiger partial charge in [-0.3, -0.25) is 14.6 Å². The maximum atomic E-state index is 12.6. The fraction of sp³-hybridized carbons (Fsp3) is 0.273. The van der Waals surface area contributed by atoms with Gasteiger partial charge in [0.25, 0.3) is 5.91 Å². The normalized spacial score (nSPS) is 14.3. The molecule has 2 heterocycles. The molecule has 0 unspecified atom stereocenters. The van der Waals surface area contributed by atoms with Crippen LogP contribution in [0.4, 0.5) is 5.69 Å². The monoisotopic (exact) mass is 390 g/mol. The van der Waals surface area contributed by atoms with Gasteiger partial charge in [0.1, 0.15) is 5.69 Å². The van der Waals surface area contributed by atoms with Crippen LogP contribution in [0, 0.1) is 12.3 Å². The molecular weight excluding hydrogens is 368 g/mol. The average Bonchev–Trinajstić information content (AvgIpc) is 3.31. The molecule has 7 nitrogen and oxygen atoms in total. The van der Waals surface area contributed by atoms with Crippen LogP contribution in [-0.4, -0.2) is 22.0 Å². The zero-order valence-corrected chi connectivity index (χ0v) is 16.4. The molecule has 2 N–H and O–H groups in total. The first-order chi connectivity index (χ1) is 13.9. The molecule has 0 aliphatic heterocycles. The van der Waals surface area contributed by atoms with Crippen LogP contribution in [0.25, 0.3) is 11.4 Å². The number of aromatic nitrogens is 2. The summed E-state index contributed by atoms with van der Waals surface area (Å²) < 4.78 is 5.28. The van der Waals surface area contributed by atoms with Crippen molar-refractivity contribution in [2.24, 2.45) is 5.41 Å². The molecule has 0 spiro atoms. The third-order valence-corrected chi connectivity index (χ3v) is 5.21. The van der Waals surface area contributed by atoms with Crippen LogP contribution in [0.15, 0.2) is 53.2 Å². The third-order valence-electron chi connectivity index (χ3n) is 5.21. The van der Waals surface area contributed by atoms with Crippen molar-refractivity contribution in [3.05, 3.63) is 65.5 Å². The lowest BCUT2D eigenvalue weighted by molar-refractivity contribution is -0.120. The number of nitrogens with zero attached hydrogens (tertiary/aromatic N) is 2. The van der Waals surface area contributed by atoms with Crippen LogP contribution in [0.3, 0.4) is 0 Å². The van der Waals surface area contributed by atoms with E-state index in [1.54, 1.807) is 24.4 Å². The Morgan fingerprint density at radius 2 is 1.97 bits per heavy atom. The summed E-state index contributed by atoms with van der Waals surface area (Å²) >= 11 is 0. The Morgan fingerprint density at radius 3 is 2.69 bits per heavy atom. The van der Waals surface area contributed by atoms with Gasteiger partial charge in [-0.15, -0.1) is 0 Å². The highest BCUT2D eigenvalue weighted by atomic mass is 16.5. The second-order valence-corrected chi connectivity index (χ2v) is 7.62. The summed E-state index contributed by atoms with van der Waals surface area (Å²) in [6.07, 6.45) is 3.48. The highest BCUT2D eigenvalue weighted by molar-refractivity contribution is 6.00. The summed E-state index contributed by atoms with van der Waals surface area (Å²) in [6.45, 7) is 4.05. The molecule has 1 saturated carbocycles. The maximum absolute atomic E-state index is 12.6. The molecule has 2 amide bonds. The molecule has 3 aromatic rings. The smallest absolute Gasteiger partial charge is 0.251 e. The van der Waals surface area contributed by atoms with Crippen LogP contribution in [-0.2, 0) is 11.3 Å². The number of anilines is 1. The lowest BCUT2D eigenvalue weighted by atomic mass is 10.1. The van der Waals surface area contributed by atoms with Gasteiger partial charge in [-0.05, 0) is 49.6 Å². The first-order valence-electron chi connectivity index (χ1n) is 9.52. The summed E-state index contributed by atoms with van der Waals surface area (Å²) in [5, 5.41) is 9.75. The van der Waals surface area contributed by atoms with E-state index in [1.165, 1.54) is 0 Å². The number of amides is 2. The number of benzene rings is 1. The van der Waals surface area contributed by atoms with Crippen molar-refractivity contribution >= 4 is 17.5 Å². The Kier molecular flexibility index (Phi) is 4.88. The van der Waals surface area contributed by atoms with Crippen molar-refractivity contribution in [1.29, 1.82) is 0 Å². The number of hydrogen-bond donors (Lipinski definition) is 2. The largest absolute Gasteiger partial charge is 0.359 e. The molecular formula is C22H22N4O3. The van der Waals surface area contributed by atoms with Gasteiger partial charge in [0.05, 0.1) is 12.2 Å². The lowest BCUT2D eigenvalue weighted by Gasteiger charge is -2.13. The minimum atomic E-state index is -0.275. The lowest BCUT2D eigenvalue weighted by Crippen LogP contribution is -2.24. The van der Waals surface area contributed by atoms with E-state index in [2.05, 4.69) is 20.8 Å². The molecule has 1 fully saturated rings. The Bertz CT molecular complexity index is 1050. The van der Waals surface area contributed by atoms with Gasteiger partial charge < -0.3 is 15.2 Å². The van der Waals surface area contributed by atoms with Crippen LogP contribution < -0.4 is 10.6 Å². The van der Waals surface area contributed by atoms with E-state index in [1.807, 2.05) is 38.1 Å². The first kappa shape index (κ1) is 18.9. The molecule has 0 radical (unpaired) electrons. The summed E-state index contributed by atoms with van der Waals surface area (Å²) in [5.41, 5.74) is 3.09. The number of aryl methyl sites for hydroxylation is 1. The Hall–Kier alpha value is -3.48. The molecule has 7 heteroatoms. The molecule has 148 valence electrons. The number of hydrogen-bond acceptors (Lipinski definition) is 5. The van der Waals surface area contributed by atoms with Gasteiger partial charge in [0.15, 0.2) is 5.76 Å². The standard InChI is InChI=1S/C22H22N4O3/c1-14-6-7-15(11-18(14)25-21(28)22(2)8-9-22)20(27)24-13-16-12-19(26-29-16)17-5-3-4-10-23-17/h3-7,10-12H,8-9,13H2,1-2H3,(H,24,27)(H,25,28). The van der Waals surface area contributed by atoms with Crippen molar-refractivity contribution in [1.82, 2.24) is 15.5 Å². The Morgan fingerprint density at radius 1 is 1.14 bits per heavy atom. The highest BCUT2D eigenvalue weighted by Gasteiger charge is 2.44. The summed E-state index contributed by atoms with van der Waals surface area (Å²) in [4.78, 5) is 29.1. The predicted octanol–water partition coefficient (Wildman–Crippen LogP) is 3.71. The minimum absolute atomic E-state index is 0.00173. The zero-order valence-electron chi connectivity index (χ0n) is 16.4. The van der Waals surface area contributed by atoms with Crippen molar-refractivity contribution in [3.63, 3.8) is 0 Å². The van der Waals surface area contributed by atoms with E-state index in [9.17, 15) is 9.59 Å². The van der Waals surface area contributed by atoms with Gasteiger partial charge in [-0.2, -0.15) is 0 Å². The molecule has 0 bridgehead atoms. The fourth-order valence-electron chi connectivity index (χ4n) is 2.89. The first-order valence-corrected chi connectivity index (χ1v) is 9.52. The SMILES string of the molecule is Cc1ccc(C(=O)NCc2cc(-c3ccccn3)no2)cc1NC(=O)C1(C)CC1. The van der Waals surface area contributed by atoms with E-state index in [0.717, 1.165) is 18.4 Å². The van der Waals surface area contributed by atoms with Gasteiger partial charge in [0.2, 0.25) is 5.91 Å². The van der Waals surface area contributed by atoms with Crippen LogP contribution in [0.1, 0.15) is 41.4 Å². The van der Waals surface area contributed by atoms with Gasteiger partial charge >= 0.3 is 0 Å². The van der Waals surface area contributed by atoms with E-state index in [4.69, 9.17) is 4.52 Å². The van der Waals surface area contributed by atoms with E-state index >= 15 is 0 Å². The summed E-state index contributed by atoms with van der Waals surface area (Å²) in [5.74, 6) is 0.275. The van der Waals surface area contributed by atoms with Gasteiger partial charge in [0, 0.05) is 28.9 Å². The van der Waals surface area contributed by atoms with E-state index in [0.29, 0.717) is 28.4 Å². The van der Waals surface area contributed by atoms with E-state index in [-0.39, 0.29) is 23.8 Å². The molecule has 0 atom stereocenters. The van der Waals surface area contributed by atoms with Crippen LogP contribution in [0.5, 0.6) is 0 Å². The minimum Gasteiger partial charge on any atom is -0.359 e. The topological polar surface area (TPSA) is 97.1 Å². The average molecular weight is 390 g/mol. The zero-order chi connectivity index (χ0) is 20.4. The van der Waals surface area contributed by atoms with Crippen molar-refractivity contribution in [2.75, 3.05) is 5.32 Å². The number of pyridine rings is 1. The molecule has 1 aliphatic carbocycles. The predicted molar refractivity (Wildman–Crippen MR) is 108 cm³/mol. The Balaban J connectivity index is 1.40. The molecule has 1 aromatic carbocycles. The highest BCUT2D eigenvalue weighted by Crippen LogP contribution is 2.45. The van der Waals surface area contributed by atoms with Crippen LogP contribution >= 0.6 is 0 Å². The molecule has 0 saturated heterocycles. The van der Waals surface area contributed by atoms with Gasteiger partial charge in [-0.1, -0.05) is 24.2 Å². The Labute approximate surface area is 168 Å². The van der Waals surface area contributed by atoms with Crippen molar-refractivity contribution in [3.8, 4) is 11.4 Å². The molecule has 2 aromatic heterocycles. The quantitative estimate of drug-likeness (QED) is 0.669. The summed E-state index contributed by atoms with van der Waals surface area (Å²) in [7, 11) is 0. The second kappa shape index (κ2) is 7.50. The fourth-order valence-corrected chi connectivity index (χ4v) is 2.89. The molecule has 4 rings (SSSR count). The molecule has 29 heavy (non-hydrogen) atoms. The van der Waals surface area contributed by atoms with E-state index < -0.39 is 0 Å². The van der Waals surface area contributed by atoms with Crippen molar-refractivity contribution < 1.29 is 14.1 Å². The molecule has 1 aliphatic rings. The third kappa shape index (κ3) is 4.18. The number of carbonyl (C=O) groups is 2. The second-order valence-electron chi connectivity index (χ2n) is 7.62. The number of carbonyl (C=O) groups excluding carboxylic acids is 2. The maximum Gasteiger partial charge on any atom is 0.251 e. The summed E-state index contributed by atoms with van der Waals surface area (Å²) in [6, 6.07) is 12.5. The number of nitrogens with one attached hydrogen (secondary N) is 2. The van der Waals surface area contributed by atoms with Crippen LogP contribution in [0.2, 0.25) is 0 Å². The van der Waals surface area contributed by atoms with Crippen molar-refractivity contribution in [2.45, 2.75) is 33.2 Å². The number of rotatable bonds is 6.